The van der Waals surface area contributed by atoms with Crippen molar-refractivity contribution in [3.8, 4) is 0 Å². The van der Waals surface area contributed by atoms with Gasteiger partial charge in [0.2, 0.25) is 5.91 Å². The van der Waals surface area contributed by atoms with Crippen molar-refractivity contribution in [2.75, 3.05) is 31.1 Å². The molecule has 1 saturated heterocycles. The molecule has 0 N–H and O–H groups in total. The maximum absolute atomic E-state index is 12.6. The molecule has 1 aromatic heterocycles. The van der Waals surface area contributed by atoms with E-state index >= 15 is 0 Å². The minimum Gasteiger partial charge on any atom is -0.355 e. The van der Waals surface area contributed by atoms with Gasteiger partial charge in [0.1, 0.15) is 5.82 Å². The summed E-state index contributed by atoms with van der Waals surface area (Å²) in [5.41, 5.74) is -0.737. The van der Waals surface area contributed by atoms with Crippen molar-refractivity contribution in [3.63, 3.8) is 0 Å². The Labute approximate surface area is 146 Å². The second kappa shape index (κ2) is 7.62. The number of aromatic nitrogens is 1. The van der Waals surface area contributed by atoms with Crippen LogP contribution < -0.4 is 4.90 Å². The molecule has 0 spiro atoms. The molecule has 138 valence electrons. The number of anilines is 1. The first-order valence-electron chi connectivity index (χ1n) is 8.99. The number of carbonyl (C=O) groups is 1. The van der Waals surface area contributed by atoms with Crippen LogP contribution in [0.3, 0.4) is 0 Å². The van der Waals surface area contributed by atoms with Crippen molar-refractivity contribution >= 4 is 11.7 Å². The predicted molar refractivity (Wildman–Crippen MR) is 89.2 cm³/mol. The van der Waals surface area contributed by atoms with E-state index in [1.807, 2.05) is 9.80 Å². The lowest BCUT2D eigenvalue weighted by molar-refractivity contribution is -0.137. The molecule has 4 nitrogen and oxygen atoms in total. The maximum atomic E-state index is 12.6. The summed E-state index contributed by atoms with van der Waals surface area (Å²) in [4.78, 5) is 20.3. The Morgan fingerprint density at radius 3 is 2.48 bits per heavy atom. The molecular formula is C18H24F3N3O. The normalized spacial score (nSPS) is 20.0. The van der Waals surface area contributed by atoms with Gasteiger partial charge >= 0.3 is 6.18 Å². The summed E-state index contributed by atoms with van der Waals surface area (Å²) in [6.45, 7) is 2.62. The number of nitrogens with zero attached hydrogens (tertiary/aromatic N) is 3. The fraction of sp³-hybridized carbons (Fsp3) is 0.667. The van der Waals surface area contributed by atoms with Gasteiger partial charge in [-0.1, -0.05) is 12.8 Å². The monoisotopic (exact) mass is 355 g/mol. The van der Waals surface area contributed by atoms with E-state index in [4.69, 9.17) is 0 Å². The fourth-order valence-corrected chi connectivity index (χ4v) is 3.73. The third-order valence-electron chi connectivity index (χ3n) is 5.19. The molecule has 2 heterocycles. The Hall–Kier alpha value is -1.79. The third kappa shape index (κ3) is 4.64. The number of hydrogen-bond acceptors (Lipinski definition) is 3. The molecule has 25 heavy (non-hydrogen) atoms. The standard InChI is InChI=1S/C18H24F3N3O/c19-18(20,21)15-6-7-16(22-13-15)23-8-3-9-24(11-10-23)17(25)12-14-4-1-2-5-14/h6-7,13-14H,1-5,8-12H2. The smallest absolute Gasteiger partial charge is 0.355 e. The number of hydrogen-bond donors (Lipinski definition) is 0. The van der Waals surface area contributed by atoms with Crippen LogP contribution in [0.5, 0.6) is 0 Å². The van der Waals surface area contributed by atoms with Crippen molar-refractivity contribution in [1.82, 2.24) is 9.88 Å². The van der Waals surface area contributed by atoms with E-state index in [0.29, 0.717) is 44.3 Å². The van der Waals surface area contributed by atoms with Gasteiger partial charge < -0.3 is 9.80 Å². The van der Waals surface area contributed by atoms with Gasteiger partial charge in [-0.3, -0.25) is 4.79 Å². The predicted octanol–water partition coefficient (Wildman–Crippen LogP) is 3.72. The molecule has 1 aliphatic carbocycles. The first-order chi connectivity index (χ1) is 11.9. The fourth-order valence-electron chi connectivity index (χ4n) is 3.73. The van der Waals surface area contributed by atoms with Crippen LogP contribution in [0.1, 0.15) is 44.1 Å². The van der Waals surface area contributed by atoms with Gasteiger partial charge in [0.05, 0.1) is 5.56 Å². The molecule has 1 aromatic rings. The van der Waals surface area contributed by atoms with E-state index in [2.05, 4.69) is 4.98 Å². The Balaban J connectivity index is 1.56. The van der Waals surface area contributed by atoms with Crippen LogP contribution in [-0.4, -0.2) is 42.0 Å². The minimum absolute atomic E-state index is 0.217. The molecule has 0 unspecified atom stereocenters. The second-order valence-electron chi connectivity index (χ2n) is 6.98. The molecule has 2 aliphatic rings. The Morgan fingerprint density at radius 2 is 1.84 bits per heavy atom. The molecule has 1 aliphatic heterocycles. The van der Waals surface area contributed by atoms with E-state index in [-0.39, 0.29) is 5.91 Å². The second-order valence-corrected chi connectivity index (χ2v) is 6.98. The molecule has 0 aromatic carbocycles. The molecule has 0 radical (unpaired) electrons. The first-order valence-corrected chi connectivity index (χ1v) is 8.99. The molecule has 2 fully saturated rings. The summed E-state index contributed by atoms with van der Waals surface area (Å²) < 4.78 is 37.9. The van der Waals surface area contributed by atoms with Gasteiger partial charge in [-0.15, -0.1) is 0 Å². The first kappa shape index (κ1) is 18.0. The highest BCUT2D eigenvalue weighted by atomic mass is 19.4. The van der Waals surface area contributed by atoms with Gasteiger partial charge in [-0.25, -0.2) is 4.98 Å². The van der Waals surface area contributed by atoms with Crippen LogP contribution >= 0.6 is 0 Å². The zero-order valence-corrected chi connectivity index (χ0v) is 14.3. The van der Waals surface area contributed by atoms with Crippen LogP contribution in [0, 0.1) is 5.92 Å². The van der Waals surface area contributed by atoms with E-state index in [9.17, 15) is 18.0 Å². The largest absolute Gasteiger partial charge is 0.417 e. The molecule has 0 atom stereocenters. The molecular weight excluding hydrogens is 331 g/mol. The summed E-state index contributed by atoms with van der Waals surface area (Å²) in [5.74, 6) is 1.29. The summed E-state index contributed by atoms with van der Waals surface area (Å²) in [7, 11) is 0. The van der Waals surface area contributed by atoms with Crippen LogP contribution in [-0.2, 0) is 11.0 Å². The van der Waals surface area contributed by atoms with Gasteiger partial charge in [0.25, 0.3) is 0 Å². The van der Waals surface area contributed by atoms with Crippen molar-refractivity contribution < 1.29 is 18.0 Å². The number of amides is 1. The number of pyridine rings is 1. The quantitative estimate of drug-likeness (QED) is 0.829. The highest BCUT2D eigenvalue weighted by molar-refractivity contribution is 5.76. The lowest BCUT2D eigenvalue weighted by atomic mass is 10.0. The Morgan fingerprint density at radius 1 is 1.08 bits per heavy atom. The van der Waals surface area contributed by atoms with Crippen LogP contribution in [0.4, 0.5) is 19.0 Å². The number of rotatable bonds is 3. The highest BCUT2D eigenvalue weighted by Crippen LogP contribution is 2.30. The summed E-state index contributed by atoms with van der Waals surface area (Å²) in [6.07, 6.45) is 2.72. The van der Waals surface area contributed by atoms with E-state index in [0.717, 1.165) is 31.5 Å². The van der Waals surface area contributed by atoms with Crippen LogP contribution in [0.2, 0.25) is 0 Å². The van der Waals surface area contributed by atoms with E-state index in [1.165, 1.54) is 18.9 Å². The lowest BCUT2D eigenvalue weighted by Gasteiger charge is -2.24. The number of halogens is 3. The average molecular weight is 355 g/mol. The van der Waals surface area contributed by atoms with Crippen LogP contribution in [0.15, 0.2) is 18.3 Å². The Bertz CT molecular complexity index is 582. The molecule has 1 saturated carbocycles. The maximum Gasteiger partial charge on any atom is 0.417 e. The number of carbonyl (C=O) groups excluding carboxylic acids is 1. The molecule has 7 heteroatoms. The molecule has 0 bridgehead atoms. The minimum atomic E-state index is -4.37. The lowest BCUT2D eigenvalue weighted by Crippen LogP contribution is -2.36. The van der Waals surface area contributed by atoms with Crippen molar-refractivity contribution in [3.05, 3.63) is 23.9 Å². The van der Waals surface area contributed by atoms with E-state index in [1.54, 1.807) is 0 Å². The average Bonchev–Trinajstić information content (AvgIpc) is 2.95. The summed E-state index contributed by atoms with van der Waals surface area (Å²) in [6, 6.07) is 2.48. The zero-order valence-electron chi connectivity index (χ0n) is 14.3. The van der Waals surface area contributed by atoms with Crippen molar-refractivity contribution in [2.45, 2.75) is 44.7 Å². The number of alkyl halides is 3. The van der Waals surface area contributed by atoms with E-state index < -0.39 is 11.7 Å². The zero-order chi connectivity index (χ0) is 17.9. The Kier molecular flexibility index (Phi) is 5.49. The van der Waals surface area contributed by atoms with Crippen molar-refractivity contribution in [2.24, 2.45) is 5.92 Å². The highest BCUT2D eigenvalue weighted by Gasteiger charge is 2.31. The topological polar surface area (TPSA) is 36.4 Å². The molecule has 3 rings (SSSR count). The third-order valence-corrected chi connectivity index (χ3v) is 5.19. The van der Waals surface area contributed by atoms with Gasteiger partial charge in [0, 0.05) is 38.8 Å². The van der Waals surface area contributed by atoms with Crippen LogP contribution in [0.25, 0.3) is 0 Å². The van der Waals surface area contributed by atoms with Gasteiger partial charge in [-0.2, -0.15) is 13.2 Å². The molecule has 1 amide bonds. The summed E-state index contributed by atoms with van der Waals surface area (Å²) >= 11 is 0. The van der Waals surface area contributed by atoms with Crippen molar-refractivity contribution in [1.29, 1.82) is 0 Å². The summed E-state index contributed by atoms with van der Waals surface area (Å²) in [5, 5.41) is 0. The van der Waals surface area contributed by atoms with Gasteiger partial charge in [0.15, 0.2) is 0 Å². The van der Waals surface area contributed by atoms with Gasteiger partial charge in [-0.05, 0) is 37.3 Å². The SMILES string of the molecule is O=C(CC1CCCC1)N1CCCN(c2ccc(C(F)(F)F)cn2)CC1.